The molecule has 0 saturated heterocycles. The molecule has 0 aliphatic carbocycles. The van der Waals surface area contributed by atoms with Crippen molar-refractivity contribution in [1.29, 1.82) is 0 Å². The van der Waals surface area contributed by atoms with E-state index in [9.17, 15) is 0 Å². The Labute approximate surface area is 114 Å². The van der Waals surface area contributed by atoms with Crippen molar-refractivity contribution in [3.8, 4) is 16.3 Å². The summed E-state index contributed by atoms with van der Waals surface area (Å²) in [5.74, 6) is 1.41. The molecule has 0 saturated carbocycles. The number of nitrogen functional groups attached to an aromatic ring is 1. The van der Waals surface area contributed by atoms with E-state index >= 15 is 0 Å². The minimum Gasteiger partial charge on any atom is -0.496 e. The number of aryl methyl sites for hydroxylation is 1. The first-order valence-corrected chi connectivity index (χ1v) is 6.82. The molecule has 6 heteroatoms. The molecule has 0 amide bonds. The lowest BCUT2D eigenvalue weighted by Gasteiger charge is -2.07. The molecule has 0 aliphatic rings. The second-order valence-corrected chi connectivity index (χ2v) is 5.14. The van der Waals surface area contributed by atoms with Crippen molar-refractivity contribution in [2.75, 3.05) is 12.8 Å². The predicted molar refractivity (Wildman–Crippen MR) is 76.6 cm³/mol. The molecule has 0 fully saturated rings. The number of nitrogens with zero attached hydrogens (tertiary/aromatic N) is 3. The standard InChI is InChI=1S/C13H14N4OS/c1-3-8-6-9(4-5-10(8)18-2)12-16-17-7-11(14)15-13(17)19-12/h4-7H,3,14H2,1-2H3. The summed E-state index contributed by atoms with van der Waals surface area (Å²) in [7, 11) is 1.69. The first kappa shape index (κ1) is 12.0. The molecule has 0 atom stereocenters. The third-order valence-electron chi connectivity index (χ3n) is 2.97. The number of imidazole rings is 1. The third-order valence-corrected chi connectivity index (χ3v) is 3.94. The zero-order chi connectivity index (χ0) is 13.4. The quantitative estimate of drug-likeness (QED) is 0.797. The number of fused-ring (bicyclic) bond motifs is 1. The van der Waals surface area contributed by atoms with Crippen molar-refractivity contribution in [2.45, 2.75) is 13.3 Å². The molecule has 0 aliphatic heterocycles. The Morgan fingerprint density at radius 3 is 2.95 bits per heavy atom. The molecule has 5 nitrogen and oxygen atoms in total. The predicted octanol–water partition coefficient (Wildman–Crippen LogP) is 2.61. The molecule has 2 heterocycles. The molecule has 0 spiro atoms. The number of benzene rings is 1. The van der Waals surface area contributed by atoms with E-state index in [2.05, 4.69) is 23.1 Å². The molecule has 0 unspecified atom stereocenters. The van der Waals surface area contributed by atoms with Crippen LogP contribution in [-0.2, 0) is 6.42 Å². The van der Waals surface area contributed by atoms with Crippen LogP contribution in [0, 0.1) is 0 Å². The Hall–Kier alpha value is -2.08. The van der Waals surface area contributed by atoms with Crippen molar-refractivity contribution < 1.29 is 4.74 Å². The van der Waals surface area contributed by atoms with Crippen LogP contribution in [0.1, 0.15) is 12.5 Å². The van der Waals surface area contributed by atoms with Gasteiger partial charge in [-0.3, -0.25) is 0 Å². The zero-order valence-corrected chi connectivity index (χ0v) is 11.6. The molecule has 2 aromatic heterocycles. The Morgan fingerprint density at radius 2 is 2.26 bits per heavy atom. The van der Waals surface area contributed by atoms with E-state index in [1.807, 2.05) is 12.1 Å². The number of anilines is 1. The fourth-order valence-corrected chi connectivity index (χ4v) is 2.91. The minimum atomic E-state index is 0.495. The minimum absolute atomic E-state index is 0.495. The summed E-state index contributed by atoms with van der Waals surface area (Å²) in [6, 6.07) is 6.10. The van der Waals surface area contributed by atoms with Crippen molar-refractivity contribution in [3.63, 3.8) is 0 Å². The van der Waals surface area contributed by atoms with Gasteiger partial charge in [0.05, 0.1) is 13.3 Å². The summed E-state index contributed by atoms with van der Waals surface area (Å²) in [5, 5.41) is 5.42. The maximum Gasteiger partial charge on any atom is 0.214 e. The molecule has 1 aromatic carbocycles. The van der Waals surface area contributed by atoms with Gasteiger partial charge < -0.3 is 10.5 Å². The van der Waals surface area contributed by atoms with Crippen LogP contribution < -0.4 is 10.5 Å². The van der Waals surface area contributed by atoms with E-state index in [-0.39, 0.29) is 0 Å². The van der Waals surface area contributed by atoms with Gasteiger partial charge in [0, 0.05) is 5.56 Å². The molecule has 98 valence electrons. The van der Waals surface area contributed by atoms with Gasteiger partial charge in [0.25, 0.3) is 0 Å². The van der Waals surface area contributed by atoms with Gasteiger partial charge >= 0.3 is 0 Å². The second kappa shape index (κ2) is 4.55. The van der Waals surface area contributed by atoms with Gasteiger partial charge in [-0.1, -0.05) is 18.3 Å². The average Bonchev–Trinajstić information content (AvgIpc) is 2.95. The van der Waals surface area contributed by atoms with Gasteiger partial charge in [-0.2, -0.15) is 5.10 Å². The van der Waals surface area contributed by atoms with Crippen LogP contribution in [0.25, 0.3) is 15.5 Å². The van der Waals surface area contributed by atoms with Crippen LogP contribution in [0.3, 0.4) is 0 Å². The number of hydrogen-bond acceptors (Lipinski definition) is 5. The number of ether oxygens (including phenoxy) is 1. The smallest absolute Gasteiger partial charge is 0.214 e. The molecule has 3 aromatic rings. The third kappa shape index (κ3) is 2.04. The lowest BCUT2D eigenvalue weighted by Crippen LogP contribution is -1.91. The summed E-state index contributed by atoms with van der Waals surface area (Å²) in [5.41, 5.74) is 7.87. The Balaban J connectivity index is 2.07. The summed E-state index contributed by atoms with van der Waals surface area (Å²) in [6.45, 7) is 2.11. The molecule has 0 bridgehead atoms. The van der Waals surface area contributed by atoms with Gasteiger partial charge in [-0.25, -0.2) is 9.50 Å². The summed E-state index contributed by atoms with van der Waals surface area (Å²) < 4.78 is 7.05. The van der Waals surface area contributed by atoms with Crippen molar-refractivity contribution >= 4 is 22.1 Å². The van der Waals surface area contributed by atoms with Crippen LogP contribution in [-0.4, -0.2) is 21.7 Å². The van der Waals surface area contributed by atoms with Gasteiger partial charge in [0.15, 0.2) is 0 Å². The molecule has 19 heavy (non-hydrogen) atoms. The van der Waals surface area contributed by atoms with Gasteiger partial charge in [0.2, 0.25) is 4.96 Å². The Bertz CT molecular complexity index is 700. The molecule has 3 rings (SSSR count). The lowest BCUT2D eigenvalue weighted by molar-refractivity contribution is 0.410. The van der Waals surface area contributed by atoms with Gasteiger partial charge in [-0.05, 0) is 30.2 Å². The molecular formula is C13H14N4OS. The van der Waals surface area contributed by atoms with E-state index in [1.54, 1.807) is 17.8 Å². The summed E-state index contributed by atoms with van der Waals surface area (Å²) in [4.78, 5) is 5.01. The van der Waals surface area contributed by atoms with Crippen molar-refractivity contribution in [2.24, 2.45) is 0 Å². The highest BCUT2D eigenvalue weighted by molar-refractivity contribution is 7.19. The highest BCUT2D eigenvalue weighted by Gasteiger charge is 2.10. The van der Waals surface area contributed by atoms with Crippen molar-refractivity contribution in [3.05, 3.63) is 30.0 Å². The monoisotopic (exact) mass is 274 g/mol. The highest BCUT2D eigenvalue weighted by Crippen LogP contribution is 2.30. The van der Waals surface area contributed by atoms with Crippen LogP contribution in [0.5, 0.6) is 5.75 Å². The van der Waals surface area contributed by atoms with Crippen molar-refractivity contribution in [1.82, 2.24) is 14.6 Å². The van der Waals surface area contributed by atoms with E-state index in [0.29, 0.717) is 5.82 Å². The van der Waals surface area contributed by atoms with Crippen LogP contribution in [0.15, 0.2) is 24.4 Å². The highest BCUT2D eigenvalue weighted by atomic mass is 32.1. The number of rotatable bonds is 3. The second-order valence-electron chi connectivity index (χ2n) is 4.18. The van der Waals surface area contributed by atoms with Crippen LogP contribution >= 0.6 is 11.3 Å². The first-order chi connectivity index (χ1) is 9.21. The number of hydrogen-bond donors (Lipinski definition) is 1. The Morgan fingerprint density at radius 1 is 1.42 bits per heavy atom. The topological polar surface area (TPSA) is 65.4 Å². The van der Waals surface area contributed by atoms with Gasteiger partial charge in [-0.15, -0.1) is 0 Å². The molecule has 2 N–H and O–H groups in total. The normalized spacial score (nSPS) is 11.1. The molecular weight excluding hydrogens is 260 g/mol. The fourth-order valence-electron chi connectivity index (χ4n) is 2.02. The van der Waals surface area contributed by atoms with E-state index in [0.717, 1.165) is 27.7 Å². The summed E-state index contributed by atoms with van der Waals surface area (Å²) >= 11 is 1.52. The van der Waals surface area contributed by atoms with Gasteiger partial charge in [0.1, 0.15) is 16.6 Å². The first-order valence-electron chi connectivity index (χ1n) is 6.00. The number of aromatic nitrogens is 3. The largest absolute Gasteiger partial charge is 0.496 e. The van der Waals surface area contributed by atoms with E-state index in [1.165, 1.54) is 16.9 Å². The Kier molecular flexibility index (Phi) is 2.87. The van der Waals surface area contributed by atoms with Crippen LogP contribution in [0.4, 0.5) is 5.82 Å². The maximum absolute atomic E-state index is 5.63. The average molecular weight is 274 g/mol. The number of methoxy groups -OCH3 is 1. The SMILES string of the molecule is CCc1cc(-c2nn3cc(N)nc3s2)ccc1OC. The van der Waals surface area contributed by atoms with E-state index < -0.39 is 0 Å². The van der Waals surface area contributed by atoms with Crippen LogP contribution in [0.2, 0.25) is 0 Å². The maximum atomic E-state index is 5.63. The molecule has 0 radical (unpaired) electrons. The summed E-state index contributed by atoms with van der Waals surface area (Å²) in [6.07, 6.45) is 2.64. The lowest BCUT2D eigenvalue weighted by atomic mass is 10.1. The number of nitrogens with two attached hydrogens (primary N) is 1. The fraction of sp³-hybridized carbons (Fsp3) is 0.231. The van der Waals surface area contributed by atoms with E-state index in [4.69, 9.17) is 10.5 Å². The zero-order valence-electron chi connectivity index (χ0n) is 10.8.